The van der Waals surface area contributed by atoms with Crippen molar-refractivity contribution in [2.24, 2.45) is 16.2 Å². The molecule has 0 aromatic rings. The molecule has 0 bridgehead atoms. The molecule has 0 aromatic heterocycles. The van der Waals surface area contributed by atoms with Gasteiger partial charge in [0.15, 0.2) is 0 Å². The average Bonchev–Trinajstić information content (AvgIpc) is 2.34. The smallest absolute Gasteiger partial charge is 0.311 e. The van der Waals surface area contributed by atoms with Crippen LogP contribution in [0.15, 0.2) is 0 Å². The number of esters is 1. The lowest BCUT2D eigenvalue weighted by Gasteiger charge is -2.40. The molecule has 0 aliphatic carbocycles. The van der Waals surface area contributed by atoms with Crippen molar-refractivity contribution in [3.63, 3.8) is 0 Å². The first-order valence-electron chi connectivity index (χ1n) is 7.23. The molecule has 6 nitrogen and oxygen atoms in total. The highest BCUT2D eigenvalue weighted by Crippen LogP contribution is 2.44. The van der Waals surface area contributed by atoms with Crippen LogP contribution in [0.4, 0.5) is 0 Å². The lowest BCUT2D eigenvalue weighted by molar-refractivity contribution is -0.158. The highest BCUT2D eigenvalue weighted by molar-refractivity contribution is 5.85. The number of amides is 1. The maximum atomic E-state index is 12.6. The molecule has 0 spiro atoms. The first-order chi connectivity index (χ1) is 9.69. The summed E-state index contributed by atoms with van der Waals surface area (Å²) in [7, 11) is 4.55. The second-order valence-electron chi connectivity index (χ2n) is 7.68. The SMILES string of the molecule is COC(=O)C(C)(C)CC(C)(CC(C)(C)C(=O)O)C(=O)N(C)C. The molecule has 22 heavy (non-hydrogen) atoms. The van der Waals surface area contributed by atoms with Gasteiger partial charge in [-0.2, -0.15) is 0 Å². The highest BCUT2D eigenvalue weighted by Gasteiger charge is 2.47. The number of hydrogen-bond donors (Lipinski definition) is 1. The van der Waals surface area contributed by atoms with Crippen molar-refractivity contribution in [2.45, 2.75) is 47.5 Å². The second-order valence-corrected chi connectivity index (χ2v) is 7.68. The van der Waals surface area contributed by atoms with E-state index in [2.05, 4.69) is 0 Å². The van der Waals surface area contributed by atoms with Gasteiger partial charge in [-0.05, 0) is 40.5 Å². The Hall–Kier alpha value is -1.59. The Morgan fingerprint density at radius 2 is 1.36 bits per heavy atom. The molecule has 0 rings (SSSR count). The van der Waals surface area contributed by atoms with Crippen LogP contribution < -0.4 is 0 Å². The number of methoxy groups -OCH3 is 1. The van der Waals surface area contributed by atoms with Crippen LogP contribution in [-0.2, 0) is 19.1 Å². The van der Waals surface area contributed by atoms with Gasteiger partial charge in [-0.3, -0.25) is 14.4 Å². The van der Waals surface area contributed by atoms with Gasteiger partial charge in [0, 0.05) is 19.5 Å². The quantitative estimate of drug-likeness (QED) is 0.728. The van der Waals surface area contributed by atoms with Crippen molar-refractivity contribution in [2.75, 3.05) is 21.2 Å². The number of carbonyl (C=O) groups excluding carboxylic acids is 2. The Balaban J connectivity index is 5.69. The number of carboxylic acids is 1. The van der Waals surface area contributed by atoms with Gasteiger partial charge in [-0.15, -0.1) is 0 Å². The van der Waals surface area contributed by atoms with Gasteiger partial charge in [-0.25, -0.2) is 0 Å². The predicted molar refractivity (Wildman–Crippen MR) is 83.2 cm³/mol. The molecule has 1 atom stereocenters. The predicted octanol–water partition coefficient (Wildman–Crippen LogP) is 2.17. The monoisotopic (exact) mass is 315 g/mol. The van der Waals surface area contributed by atoms with Crippen LogP contribution in [0.1, 0.15) is 47.5 Å². The zero-order chi connectivity index (χ0) is 17.9. The van der Waals surface area contributed by atoms with E-state index >= 15 is 0 Å². The standard InChI is InChI=1S/C16H29NO5/c1-14(2,12(19)20)9-16(5,11(18)17(6)7)10-15(3,4)13(21)22-8/h9-10H2,1-8H3,(H,19,20). The van der Waals surface area contributed by atoms with E-state index in [0.717, 1.165) is 0 Å². The fourth-order valence-corrected chi connectivity index (χ4v) is 3.13. The lowest BCUT2D eigenvalue weighted by Crippen LogP contribution is -2.46. The number of aliphatic carboxylic acids is 1. The summed E-state index contributed by atoms with van der Waals surface area (Å²) in [6, 6.07) is 0. The van der Waals surface area contributed by atoms with Crippen molar-refractivity contribution in [3.8, 4) is 0 Å². The molecule has 0 radical (unpaired) electrons. The van der Waals surface area contributed by atoms with Crippen LogP contribution in [0.3, 0.4) is 0 Å². The van der Waals surface area contributed by atoms with E-state index in [0.29, 0.717) is 0 Å². The minimum absolute atomic E-state index is 0.132. The van der Waals surface area contributed by atoms with Gasteiger partial charge in [0.05, 0.1) is 17.9 Å². The average molecular weight is 315 g/mol. The van der Waals surface area contributed by atoms with Crippen molar-refractivity contribution < 1.29 is 24.2 Å². The molecule has 0 saturated carbocycles. The fraction of sp³-hybridized carbons (Fsp3) is 0.812. The fourth-order valence-electron chi connectivity index (χ4n) is 3.13. The molecule has 1 N–H and O–H groups in total. The summed E-state index contributed by atoms with van der Waals surface area (Å²) in [4.78, 5) is 37.4. The molecule has 0 aliphatic heterocycles. The van der Waals surface area contributed by atoms with E-state index < -0.39 is 28.2 Å². The van der Waals surface area contributed by atoms with Gasteiger partial charge in [-0.1, -0.05) is 6.92 Å². The Labute approximate surface area is 132 Å². The molecule has 0 heterocycles. The number of carboxylic acid groups (broad SMARTS) is 1. The van der Waals surface area contributed by atoms with Gasteiger partial charge >= 0.3 is 11.9 Å². The van der Waals surface area contributed by atoms with E-state index in [9.17, 15) is 19.5 Å². The van der Waals surface area contributed by atoms with Crippen LogP contribution in [0.2, 0.25) is 0 Å². The molecule has 0 saturated heterocycles. The lowest BCUT2D eigenvalue weighted by atomic mass is 9.65. The Morgan fingerprint density at radius 3 is 1.68 bits per heavy atom. The molecule has 0 aliphatic rings. The Morgan fingerprint density at radius 1 is 0.955 bits per heavy atom. The van der Waals surface area contributed by atoms with E-state index in [-0.39, 0.29) is 18.7 Å². The number of nitrogens with zero attached hydrogens (tertiary/aromatic N) is 1. The summed E-state index contributed by atoms with van der Waals surface area (Å²) < 4.78 is 4.80. The number of rotatable bonds is 7. The highest BCUT2D eigenvalue weighted by atomic mass is 16.5. The summed E-state index contributed by atoms with van der Waals surface area (Å²) in [6.07, 6.45) is 0.340. The van der Waals surface area contributed by atoms with Crippen molar-refractivity contribution in [3.05, 3.63) is 0 Å². The summed E-state index contributed by atoms with van der Waals surface area (Å²) in [5, 5.41) is 9.36. The summed E-state index contributed by atoms with van der Waals surface area (Å²) in [5.74, 6) is -1.58. The van der Waals surface area contributed by atoms with Crippen LogP contribution in [0, 0.1) is 16.2 Å². The minimum atomic E-state index is -1.08. The maximum absolute atomic E-state index is 12.6. The topological polar surface area (TPSA) is 83.9 Å². The first kappa shape index (κ1) is 20.4. The molecular formula is C16H29NO5. The van der Waals surface area contributed by atoms with E-state index in [1.807, 2.05) is 0 Å². The maximum Gasteiger partial charge on any atom is 0.311 e. The number of carbonyl (C=O) groups is 3. The van der Waals surface area contributed by atoms with E-state index in [1.165, 1.54) is 12.0 Å². The van der Waals surface area contributed by atoms with Crippen LogP contribution >= 0.6 is 0 Å². The summed E-state index contributed by atoms with van der Waals surface area (Å²) in [6.45, 7) is 8.29. The van der Waals surface area contributed by atoms with E-state index in [1.54, 1.807) is 48.7 Å². The molecule has 1 amide bonds. The third-order valence-electron chi connectivity index (χ3n) is 3.90. The molecule has 6 heteroatoms. The number of ether oxygens (including phenoxy) is 1. The molecule has 0 fully saturated rings. The van der Waals surface area contributed by atoms with Gasteiger partial charge in [0.2, 0.25) is 5.91 Å². The first-order valence-corrected chi connectivity index (χ1v) is 7.23. The summed E-state index contributed by atoms with van der Waals surface area (Å²) >= 11 is 0. The third kappa shape index (κ3) is 4.71. The van der Waals surface area contributed by atoms with Crippen molar-refractivity contribution in [1.29, 1.82) is 0 Å². The molecule has 0 aromatic carbocycles. The normalized spacial score (nSPS) is 14.9. The largest absolute Gasteiger partial charge is 0.481 e. The van der Waals surface area contributed by atoms with Gasteiger partial charge in [0.1, 0.15) is 0 Å². The van der Waals surface area contributed by atoms with Crippen molar-refractivity contribution >= 4 is 17.8 Å². The zero-order valence-electron chi connectivity index (χ0n) is 14.9. The van der Waals surface area contributed by atoms with Crippen LogP contribution in [0.25, 0.3) is 0 Å². The van der Waals surface area contributed by atoms with Gasteiger partial charge < -0.3 is 14.7 Å². The van der Waals surface area contributed by atoms with Gasteiger partial charge in [0.25, 0.3) is 0 Å². The second kappa shape index (κ2) is 6.67. The Kier molecular flexibility index (Phi) is 6.19. The third-order valence-corrected chi connectivity index (χ3v) is 3.90. The van der Waals surface area contributed by atoms with Crippen LogP contribution in [0.5, 0.6) is 0 Å². The molecule has 128 valence electrons. The van der Waals surface area contributed by atoms with E-state index in [4.69, 9.17) is 4.74 Å². The zero-order valence-corrected chi connectivity index (χ0v) is 14.9. The van der Waals surface area contributed by atoms with Crippen LogP contribution in [-0.4, -0.2) is 49.1 Å². The number of hydrogen-bond acceptors (Lipinski definition) is 4. The molecule has 1 unspecified atom stereocenters. The summed E-state index contributed by atoms with van der Waals surface area (Å²) in [5.41, 5.74) is -2.94. The molecular weight excluding hydrogens is 286 g/mol. The minimum Gasteiger partial charge on any atom is -0.481 e. The van der Waals surface area contributed by atoms with Crippen molar-refractivity contribution in [1.82, 2.24) is 4.90 Å². The Bertz CT molecular complexity index is 453.